The molecule has 0 saturated carbocycles. The third kappa shape index (κ3) is 1.07. The monoisotopic (exact) mass is 266 g/mol. The lowest BCUT2D eigenvalue weighted by Crippen LogP contribution is -2.24. The summed E-state index contributed by atoms with van der Waals surface area (Å²) in [6.07, 6.45) is -0.660. The summed E-state index contributed by atoms with van der Waals surface area (Å²) in [4.78, 5) is 23.6. The number of ether oxygens (including phenoxy) is 2. The van der Waals surface area contributed by atoms with E-state index in [4.69, 9.17) is 9.47 Å². The number of esters is 2. The van der Waals surface area contributed by atoms with E-state index in [1.807, 2.05) is 24.3 Å². The number of benzene rings is 2. The summed E-state index contributed by atoms with van der Waals surface area (Å²) >= 11 is 0. The number of fused-ring (bicyclic) bond motifs is 9. The highest BCUT2D eigenvalue weighted by atomic mass is 16.6. The van der Waals surface area contributed by atoms with Gasteiger partial charge in [-0.15, -0.1) is 0 Å². The third-order valence-corrected chi connectivity index (χ3v) is 4.64. The van der Waals surface area contributed by atoms with Crippen LogP contribution in [0.2, 0.25) is 0 Å². The molecular formula is C16H10O4. The Kier molecular flexibility index (Phi) is 1.73. The molecule has 0 unspecified atom stereocenters. The Morgan fingerprint density at radius 1 is 0.800 bits per heavy atom. The van der Waals surface area contributed by atoms with Crippen LogP contribution in [0.1, 0.15) is 23.3 Å². The molecule has 20 heavy (non-hydrogen) atoms. The molecule has 5 rings (SSSR count). The molecule has 0 spiro atoms. The van der Waals surface area contributed by atoms with Crippen molar-refractivity contribution in [2.75, 3.05) is 0 Å². The van der Waals surface area contributed by atoms with Crippen molar-refractivity contribution in [1.82, 2.24) is 0 Å². The van der Waals surface area contributed by atoms with Crippen molar-refractivity contribution in [2.24, 2.45) is 11.8 Å². The predicted octanol–water partition coefficient (Wildman–Crippen LogP) is 2.28. The summed E-state index contributed by atoms with van der Waals surface area (Å²) in [7, 11) is 0. The van der Waals surface area contributed by atoms with Gasteiger partial charge in [0, 0.05) is 0 Å². The van der Waals surface area contributed by atoms with E-state index in [0.29, 0.717) is 0 Å². The quantitative estimate of drug-likeness (QED) is 0.542. The summed E-state index contributed by atoms with van der Waals surface area (Å²) in [5.74, 6) is -1.79. The van der Waals surface area contributed by atoms with E-state index in [1.54, 1.807) is 0 Å². The molecule has 0 amide bonds. The van der Waals surface area contributed by atoms with Gasteiger partial charge in [-0.1, -0.05) is 24.3 Å². The molecule has 2 bridgehead atoms. The molecule has 4 heteroatoms. The number of carbonyl (C=O) groups is 2. The Balaban J connectivity index is 1.76. The molecule has 0 aromatic heterocycles. The van der Waals surface area contributed by atoms with Crippen LogP contribution in [0, 0.1) is 11.8 Å². The number of rotatable bonds is 0. The lowest BCUT2D eigenvalue weighted by molar-refractivity contribution is -0.157. The molecule has 2 fully saturated rings. The van der Waals surface area contributed by atoms with Crippen LogP contribution < -0.4 is 0 Å². The first kappa shape index (κ1) is 10.6. The van der Waals surface area contributed by atoms with E-state index < -0.39 is 23.8 Å². The first-order valence-electron chi connectivity index (χ1n) is 6.67. The Morgan fingerprint density at radius 3 is 1.80 bits per heavy atom. The van der Waals surface area contributed by atoms with E-state index in [2.05, 4.69) is 12.1 Å². The van der Waals surface area contributed by atoms with Gasteiger partial charge in [-0.2, -0.15) is 0 Å². The summed E-state index contributed by atoms with van der Waals surface area (Å²) < 4.78 is 10.7. The minimum atomic E-state index is -0.457. The van der Waals surface area contributed by atoms with Crippen LogP contribution >= 0.6 is 0 Å². The van der Waals surface area contributed by atoms with Crippen LogP contribution in [0.25, 0.3) is 10.8 Å². The fourth-order valence-electron chi connectivity index (χ4n) is 3.78. The van der Waals surface area contributed by atoms with Gasteiger partial charge >= 0.3 is 11.9 Å². The summed E-state index contributed by atoms with van der Waals surface area (Å²) in [5.41, 5.74) is 2.06. The number of hydrogen-bond donors (Lipinski definition) is 0. The Bertz CT molecular complexity index is 730. The van der Waals surface area contributed by atoms with E-state index in [-0.39, 0.29) is 12.2 Å². The number of cyclic esters (lactones) is 2. The van der Waals surface area contributed by atoms with Crippen LogP contribution in [0.3, 0.4) is 0 Å². The van der Waals surface area contributed by atoms with Gasteiger partial charge in [-0.05, 0) is 34.0 Å². The highest BCUT2D eigenvalue weighted by molar-refractivity contribution is 5.99. The zero-order valence-electron chi connectivity index (χ0n) is 10.4. The second-order valence-corrected chi connectivity index (χ2v) is 5.60. The Morgan fingerprint density at radius 2 is 1.30 bits per heavy atom. The fraction of sp³-hybridized carbons (Fsp3) is 0.250. The van der Waals surface area contributed by atoms with Crippen LogP contribution in [0.15, 0.2) is 36.4 Å². The standard InChI is InChI=1S/C16H10O4/c17-15-11-12(16(18)20-15)14-10-6-8-4-2-1-3-7(8)5-9(10)13(11)19-14/h1-6,11-14H/t11-,12+,13-,14+. The van der Waals surface area contributed by atoms with E-state index in [9.17, 15) is 9.59 Å². The van der Waals surface area contributed by atoms with Gasteiger partial charge in [-0.3, -0.25) is 9.59 Å². The summed E-state index contributed by atoms with van der Waals surface area (Å²) in [5, 5.41) is 2.24. The molecule has 3 aliphatic heterocycles. The van der Waals surface area contributed by atoms with Crippen molar-refractivity contribution in [1.29, 1.82) is 0 Å². The molecule has 3 aliphatic rings. The van der Waals surface area contributed by atoms with Gasteiger partial charge in [-0.25, -0.2) is 0 Å². The molecule has 0 radical (unpaired) electrons. The SMILES string of the molecule is O=C1OC(=O)[C@H]2[C@@H]1[C@@H]1O[C@H]2c2cc3ccccc3cc21. The average Bonchev–Trinajstić information content (AvgIpc) is 3.08. The van der Waals surface area contributed by atoms with Gasteiger partial charge in [0.1, 0.15) is 11.8 Å². The minimum absolute atomic E-state index is 0.330. The zero-order chi connectivity index (χ0) is 13.4. The molecule has 98 valence electrons. The van der Waals surface area contributed by atoms with E-state index in [1.165, 1.54) is 0 Å². The summed E-state index contributed by atoms with van der Waals surface area (Å²) in [6.45, 7) is 0. The van der Waals surface area contributed by atoms with Gasteiger partial charge in [0.2, 0.25) is 0 Å². The molecule has 2 saturated heterocycles. The van der Waals surface area contributed by atoms with Crippen LogP contribution in [-0.2, 0) is 19.1 Å². The molecule has 2 aromatic carbocycles. The second-order valence-electron chi connectivity index (χ2n) is 5.60. The van der Waals surface area contributed by atoms with Crippen molar-refractivity contribution >= 4 is 22.7 Å². The van der Waals surface area contributed by atoms with Crippen molar-refractivity contribution in [2.45, 2.75) is 12.2 Å². The van der Waals surface area contributed by atoms with Gasteiger partial charge < -0.3 is 9.47 Å². The summed E-state index contributed by atoms with van der Waals surface area (Å²) in [6, 6.07) is 12.2. The number of hydrogen-bond acceptors (Lipinski definition) is 4. The lowest BCUT2D eigenvalue weighted by atomic mass is 9.76. The highest BCUT2D eigenvalue weighted by Gasteiger charge is 2.63. The molecule has 2 aromatic rings. The van der Waals surface area contributed by atoms with Crippen LogP contribution in [-0.4, -0.2) is 11.9 Å². The largest absolute Gasteiger partial charge is 0.393 e. The maximum atomic E-state index is 11.8. The maximum Gasteiger partial charge on any atom is 0.320 e. The first-order chi connectivity index (χ1) is 9.74. The van der Waals surface area contributed by atoms with Crippen molar-refractivity contribution in [3.63, 3.8) is 0 Å². The lowest BCUT2D eigenvalue weighted by Gasteiger charge is -2.19. The number of carbonyl (C=O) groups excluding carboxylic acids is 2. The predicted molar refractivity (Wildman–Crippen MR) is 68.6 cm³/mol. The molecule has 0 N–H and O–H groups in total. The normalized spacial score (nSPS) is 33.4. The second kappa shape index (κ2) is 3.27. The van der Waals surface area contributed by atoms with Crippen molar-refractivity contribution in [3.05, 3.63) is 47.5 Å². The topological polar surface area (TPSA) is 52.6 Å². The Labute approximate surface area is 114 Å². The van der Waals surface area contributed by atoms with Gasteiger partial charge in [0.15, 0.2) is 0 Å². The molecule has 0 aliphatic carbocycles. The van der Waals surface area contributed by atoms with Gasteiger partial charge in [0.05, 0.1) is 12.2 Å². The minimum Gasteiger partial charge on any atom is -0.393 e. The van der Waals surface area contributed by atoms with Crippen molar-refractivity contribution < 1.29 is 19.1 Å². The fourth-order valence-corrected chi connectivity index (χ4v) is 3.78. The average molecular weight is 266 g/mol. The van der Waals surface area contributed by atoms with Crippen LogP contribution in [0.4, 0.5) is 0 Å². The maximum absolute atomic E-state index is 11.8. The highest BCUT2D eigenvalue weighted by Crippen LogP contribution is 2.60. The molecule has 3 heterocycles. The zero-order valence-corrected chi connectivity index (χ0v) is 10.4. The molecule has 4 atom stereocenters. The molecular weight excluding hydrogens is 256 g/mol. The molecule has 4 nitrogen and oxygen atoms in total. The van der Waals surface area contributed by atoms with E-state index in [0.717, 1.165) is 21.9 Å². The van der Waals surface area contributed by atoms with Crippen LogP contribution in [0.5, 0.6) is 0 Å². The third-order valence-electron chi connectivity index (χ3n) is 4.64. The Hall–Kier alpha value is -2.20. The first-order valence-corrected chi connectivity index (χ1v) is 6.67. The van der Waals surface area contributed by atoms with E-state index >= 15 is 0 Å². The smallest absolute Gasteiger partial charge is 0.320 e. The van der Waals surface area contributed by atoms with Gasteiger partial charge in [0.25, 0.3) is 0 Å². The van der Waals surface area contributed by atoms with Crippen molar-refractivity contribution in [3.8, 4) is 0 Å².